The van der Waals surface area contributed by atoms with E-state index in [0.717, 1.165) is 5.75 Å². The van der Waals surface area contributed by atoms with Crippen molar-refractivity contribution in [3.8, 4) is 0 Å². The van der Waals surface area contributed by atoms with Gasteiger partial charge in [-0.2, -0.15) is 0 Å². The maximum absolute atomic E-state index is 4.11. The largest absolute Gasteiger partial charge is 0.244 e. The molecule has 46 valence electrons. The maximum atomic E-state index is 4.11. The van der Waals surface area contributed by atoms with Crippen LogP contribution in [0.5, 0.6) is 0 Å². The van der Waals surface area contributed by atoms with Crippen molar-refractivity contribution >= 4 is 21.6 Å². The molecule has 1 aromatic rings. The van der Waals surface area contributed by atoms with E-state index < -0.39 is 0 Å². The van der Waals surface area contributed by atoms with E-state index >= 15 is 0 Å². The molecule has 0 fully saturated rings. The van der Waals surface area contributed by atoms with Gasteiger partial charge < -0.3 is 0 Å². The molecule has 0 aliphatic carbocycles. The second-order valence-electron chi connectivity index (χ2n) is 1.68. The molecular formula is C5H4N2S2. The number of fused-ring (bicyclic) bond motifs is 1. The Hall–Kier alpha value is -0.220. The molecule has 1 aromatic heterocycles. The van der Waals surface area contributed by atoms with Crippen LogP contribution in [0.3, 0.4) is 0 Å². The standard InChI is InChI=1S/C5H4N2S2/c1-5-4(2-8-9-5)7-3-6-1/h1,3H,2H2. The van der Waals surface area contributed by atoms with Crippen molar-refractivity contribution in [1.82, 2.24) is 9.97 Å². The van der Waals surface area contributed by atoms with E-state index in [1.165, 1.54) is 10.6 Å². The zero-order valence-corrected chi connectivity index (χ0v) is 6.21. The highest BCUT2D eigenvalue weighted by atomic mass is 33.1. The maximum Gasteiger partial charge on any atom is 0.115 e. The van der Waals surface area contributed by atoms with Gasteiger partial charge in [-0.25, -0.2) is 9.97 Å². The average Bonchev–Trinajstić information content (AvgIpc) is 2.33. The van der Waals surface area contributed by atoms with E-state index in [1.807, 2.05) is 17.0 Å². The molecule has 0 spiro atoms. The number of nitrogens with zero attached hydrogens (tertiary/aromatic N) is 2. The molecule has 9 heavy (non-hydrogen) atoms. The molecule has 4 heteroatoms. The van der Waals surface area contributed by atoms with E-state index in [4.69, 9.17) is 0 Å². The van der Waals surface area contributed by atoms with Crippen LogP contribution in [0.1, 0.15) is 5.69 Å². The van der Waals surface area contributed by atoms with Crippen LogP contribution in [-0.2, 0) is 5.75 Å². The quantitative estimate of drug-likeness (QED) is 0.534. The summed E-state index contributed by atoms with van der Waals surface area (Å²) >= 11 is 0. The third kappa shape index (κ3) is 0.923. The summed E-state index contributed by atoms with van der Waals surface area (Å²) in [5.74, 6) is 1.03. The lowest BCUT2D eigenvalue weighted by atomic mass is 10.5. The van der Waals surface area contributed by atoms with Crippen molar-refractivity contribution in [2.45, 2.75) is 10.6 Å². The Kier molecular flexibility index (Phi) is 1.35. The Balaban J connectivity index is 2.54. The van der Waals surface area contributed by atoms with Gasteiger partial charge in [-0.1, -0.05) is 21.6 Å². The van der Waals surface area contributed by atoms with Crippen LogP contribution in [0.4, 0.5) is 0 Å². The van der Waals surface area contributed by atoms with Crippen molar-refractivity contribution in [2.75, 3.05) is 0 Å². The smallest absolute Gasteiger partial charge is 0.115 e. The van der Waals surface area contributed by atoms with Crippen LogP contribution in [0.2, 0.25) is 0 Å². The minimum atomic E-state index is 1.03. The van der Waals surface area contributed by atoms with Crippen molar-refractivity contribution < 1.29 is 0 Å². The molecule has 1 aliphatic heterocycles. The van der Waals surface area contributed by atoms with Crippen LogP contribution < -0.4 is 0 Å². The Morgan fingerprint density at radius 1 is 1.56 bits per heavy atom. The van der Waals surface area contributed by atoms with Gasteiger partial charge in [0.05, 0.1) is 10.6 Å². The van der Waals surface area contributed by atoms with Crippen LogP contribution >= 0.6 is 21.6 Å². The third-order valence-corrected chi connectivity index (χ3v) is 3.38. The van der Waals surface area contributed by atoms with E-state index in [2.05, 4.69) is 9.97 Å². The molecule has 2 rings (SSSR count). The molecule has 0 saturated carbocycles. The van der Waals surface area contributed by atoms with Crippen molar-refractivity contribution in [2.24, 2.45) is 0 Å². The molecule has 0 N–H and O–H groups in total. The lowest BCUT2D eigenvalue weighted by Gasteiger charge is -1.88. The van der Waals surface area contributed by atoms with Crippen molar-refractivity contribution in [3.05, 3.63) is 18.2 Å². The molecule has 0 unspecified atom stereocenters. The second-order valence-corrected chi connectivity index (χ2v) is 4.02. The molecule has 0 radical (unpaired) electrons. The minimum absolute atomic E-state index is 1.03. The first-order valence-electron chi connectivity index (χ1n) is 2.55. The zero-order valence-electron chi connectivity index (χ0n) is 4.57. The fraction of sp³-hybridized carbons (Fsp3) is 0.200. The highest BCUT2D eigenvalue weighted by molar-refractivity contribution is 8.76. The summed E-state index contributed by atoms with van der Waals surface area (Å²) in [5, 5.41) is 0. The van der Waals surface area contributed by atoms with Gasteiger partial charge in [-0.05, 0) is 0 Å². The van der Waals surface area contributed by atoms with Gasteiger partial charge in [0.1, 0.15) is 6.33 Å². The first-order chi connectivity index (χ1) is 4.47. The predicted octanol–water partition coefficient (Wildman–Crippen LogP) is 1.73. The molecule has 0 saturated heterocycles. The number of rotatable bonds is 0. The topological polar surface area (TPSA) is 25.8 Å². The van der Waals surface area contributed by atoms with Gasteiger partial charge >= 0.3 is 0 Å². The van der Waals surface area contributed by atoms with E-state index in [-0.39, 0.29) is 0 Å². The average molecular weight is 156 g/mol. The monoisotopic (exact) mass is 156 g/mol. The molecule has 0 amide bonds. The van der Waals surface area contributed by atoms with Crippen LogP contribution in [0.15, 0.2) is 17.4 Å². The highest BCUT2D eigenvalue weighted by Crippen LogP contribution is 2.41. The Labute approximate surface area is 60.9 Å². The minimum Gasteiger partial charge on any atom is -0.244 e. The van der Waals surface area contributed by atoms with Crippen LogP contribution in [-0.4, -0.2) is 9.97 Å². The zero-order chi connectivity index (χ0) is 6.10. The Bertz CT molecular complexity index is 203. The van der Waals surface area contributed by atoms with E-state index in [0.29, 0.717) is 0 Å². The van der Waals surface area contributed by atoms with Crippen molar-refractivity contribution in [1.29, 1.82) is 0 Å². The summed E-state index contributed by atoms with van der Waals surface area (Å²) in [6, 6.07) is 0. The Morgan fingerprint density at radius 3 is 3.44 bits per heavy atom. The summed E-state index contributed by atoms with van der Waals surface area (Å²) < 4.78 is 0. The van der Waals surface area contributed by atoms with Crippen LogP contribution in [0.25, 0.3) is 0 Å². The SMILES string of the molecule is c1ncc2c(n1)CSS2. The van der Waals surface area contributed by atoms with Gasteiger partial charge in [-0.3, -0.25) is 0 Å². The first-order valence-corrected chi connectivity index (χ1v) is 4.87. The van der Waals surface area contributed by atoms with Gasteiger partial charge in [0.15, 0.2) is 0 Å². The van der Waals surface area contributed by atoms with Gasteiger partial charge in [-0.15, -0.1) is 0 Å². The molecule has 0 bridgehead atoms. The summed E-state index contributed by atoms with van der Waals surface area (Å²) in [7, 11) is 3.58. The number of aromatic nitrogens is 2. The highest BCUT2D eigenvalue weighted by Gasteiger charge is 2.11. The fourth-order valence-corrected chi connectivity index (χ4v) is 2.92. The lowest BCUT2D eigenvalue weighted by Crippen LogP contribution is -1.84. The summed E-state index contributed by atoms with van der Waals surface area (Å²) in [6.45, 7) is 0. The molecule has 0 atom stereocenters. The molecular weight excluding hydrogens is 152 g/mol. The van der Waals surface area contributed by atoms with Gasteiger partial charge in [0.2, 0.25) is 0 Å². The van der Waals surface area contributed by atoms with Crippen LogP contribution in [0, 0.1) is 0 Å². The fourth-order valence-electron chi connectivity index (χ4n) is 0.669. The summed E-state index contributed by atoms with van der Waals surface area (Å²) in [4.78, 5) is 9.24. The summed E-state index contributed by atoms with van der Waals surface area (Å²) in [6.07, 6.45) is 3.47. The summed E-state index contributed by atoms with van der Waals surface area (Å²) in [5.41, 5.74) is 1.18. The number of hydrogen-bond acceptors (Lipinski definition) is 4. The molecule has 0 aromatic carbocycles. The molecule has 2 nitrogen and oxygen atoms in total. The van der Waals surface area contributed by atoms with E-state index in [9.17, 15) is 0 Å². The van der Waals surface area contributed by atoms with Gasteiger partial charge in [0.25, 0.3) is 0 Å². The van der Waals surface area contributed by atoms with Crippen molar-refractivity contribution in [3.63, 3.8) is 0 Å². The first kappa shape index (κ1) is 5.56. The third-order valence-electron chi connectivity index (χ3n) is 1.10. The number of hydrogen-bond donors (Lipinski definition) is 0. The molecule has 2 heterocycles. The lowest BCUT2D eigenvalue weighted by molar-refractivity contribution is 1.02. The van der Waals surface area contributed by atoms with E-state index in [1.54, 1.807) is 17.1 Å². The molecule has 1 aliphatic rings. The van der Waals surface area contributed by atoms with Gasteiger partial charge in [0, 0.05) is 11.9 Å². The normalized spacial score (nSPS) is 15.6. The predicted molar refractivity (Wildman–Crippen MR) is 39.2 cm³/mol. The second kappa shape index (κ2) is 2.19. The Morgan fingerprint density at radius 2 is 2.56 bits per heavy atom.